The third-order valence-corrected chi connectivity index (χ3v) is 8.31. The van der Waals surface area contributed by atoms with Crippen molar-refractivity contribution < 1.29 is 33.3 Å². The lowest BCUT2D eigenvalue weighted by atomic mass is 9.63. The van der Waals surface area contributed by atoms with Gasteiger partial charge >= 0.3 is 17.9 Å². The summed E-state index contributed by atoms with van der Waals surface area (Å²) in [5, 5.41) is 0. The minimum absolute atomic E-state index is 0.0161. The van der Waals surface area contributed by atoms with Crippen LogP contribution in [-0.2, 0) is 33.3 Å². The molecule has 3 fully saturated rings. The van der Waals surface area contributed by atoms with Crippen LogP contribution in [0.5, 0.6) is 0 Å². The minimum atomic E-state index is -0.960. The second-order valence-corrected chi connectivity index (χ2v) is 10.3. The molecule has 0 N–H and O–H groups in total. The van der Waals surface area contributed by atoms with Crippen LogP contribution in [0.4, 0.5) is 0 Å². The van der Waals surface area contributed by atoms with E-state index in [-0.39, 0.29) is 34.6 Å². The summed E-state index contributed by atoms with van der Waals surface area (Å²) in [6.07, 6.45) is 4.74. The molecule has 0 aromatic carbocycles. The summed E-state index contributed by atoms with van der Waals surface area (Å²) in [7, 11) is 0. The maximum absolute atomic E-state index is 12.6. The molecule has 0 aromatic heterocycles. The van der Waals surface area contributed by atoms with Gasteiger partial charge in [-0.2, -0.15) is 0 Å². The van der Waals surface area contributed by atoms with Gasteiger partial charge in [-0.1, -0.05) is 26.3 Å². The fourth-order valence-electron chi connectivity index (χ4n) is 6.93. The lowest BCUT2D eigenvalue weighted by Crippen LogP contribution is -2.53. The Labute approximate surface area is 189 Å². The summed E-state index contributed by atoms with van der Waals surface area (Å²) in [6.45, 7) is 11.1. The molecule has 3 aliphatic carbocycles. The molecule has 1 spiro atoms. The van der Waals surface area contributed by atoms with Gasteiger partial charge in [-0.15, -0.1) is 0 Å². The average molecular weight is 447 g/mol. The molecule has 32 heavy (non-hydrogen) atoms. The van der Waals surface area contributed by atoms with Crippen molar-refractivity contribution in [1.29, 1.82) is 0 Å². The number of allylic oxidation sites excluding steroid dienone is 1. The first kappa shape index (κ1) is 23.0. The van der Waals surface area contributed by atoms with E-state index in [1.807, 2.05) is 19.9 Å². The zero-order valence-corrected chi connectivity index (χ0v) is 19.8. The number of hydrogen-bond acceptors (Lipinski definition) is 7. The Balaban J connectivity index is 1.77. The fraction of sp³-hybridized carbons (Fsp3) is 0.720. The molecule has 1 aliphatic heterocycles. The number of esters is 3. The quantitative estimate of drug-likeness (QED) is 0.272. The van der Waals surface area contributed by atoms with Crippen LogP contribution in [0, 0.1) is 28.6 Å². The van der Waals surface area contributed by atoms with Crippen LogP contribution in [0.25, 0.3) is 0 Å². The van der Waals surface area contributed by atoms with Crippen LogP contribution in [0.3, 0.4) is 0 Å². The SMILES string of the molecule is CCC(C)=CC(=O)OC1C=C2C(OC(C)=O)OC(OC(C)=O)C3CCC4C(C)(C)C1CC234. The smallest absolute Gasteiger partial charge is 0.331 e. The van der Waals surface area contributed by atoms with Gasteiger partial charge in [-0.3, -0.25) is 14.3 Å². The molecule has 7 unspecified atom stereocenters. The van der Waals surface area contributed by atoms with E-state index in [1.54, 1.807) is 6.08 Å². The van der Waals surface area contributed by atoms with Gasteiger partial charge in [0.2, 0.25) is 12.6 Å². The molecule has 4 rings (SSSR count). The standard InChI is InChI=1S/C25H34O7/c1-7-13(2)10-21(28)31-19-11-17-23(30-15(4)27)32-22(29-14(3)26)16-8-9-20-24(5,6)18(19)12-25(16,17)20/h10-11,16,18-20,22-23H,7-9,12H2,1-6H3. The molecule has 176 valence electrons. The number of carbonyl (C=O) groups excluding carboxylic acids is 3. The van der Waals surface area contributed by atoms with Crippen LogP contribution in [0.2, 0.25) is 0 Å². The molecule has 0 amide bonds. The van der Waals surface area contributed by atoms with E-state index in [0.717, 1.165) is 36.8 Å². The van der Waals surface area contributed by atoms with Crippen molar-refractivity contribution >= 4 is 17.9 Å². The molecule has 0 aromatic rings. The van der Waals surface area contributed by atoms with Crippen molar-refractivity contribution in [3.05, 3.63) is 23.3 Å². The Morgan fingerprint density at radius 3 is 2.38 bits per heavy atom. The van der Waals surface area contributed by atoms with Gasteiger partial charge < -0.3 is 14.2 Å². The van der Waals surface area contributed by atoms with E-state index >= 15 is 0 Å². The summed E-state index contributed by atoms with van der Waals surface area (Å²) in [4.78, 5) is 36.3. The lowest BCUT2D eigenvalue weighted by molar-refractivity contribution is -0.273. The summed E-state index contributed by atoms with van der Waals surface area (Å²) in [5.41, 5.74) is 1.41. The van der Waals surface area contributed by atoms with Crippen molar-refractivity contribution in [1.82, 2.24) is 0 Å². The Hall–Kier alpha value is -2.15. The summed E-state index contributed by atoms with van der Waals surface area (Å²) in [5.74, 6) is -0.863. The maximum atomic E-state index is 12.6. The number of carbonyl (C=O) groups is 3. The number of rotatable bonds is 5. The highest BCUT2D eigenvalue weighted by Gasteiger charge is 2.72. The molecule has 4 aliphatic rings. The second-order valence-electron chi connectivity index (χ2n) is 10.3. The van der Waals surface area contributed by atoms with E-state index in [2.05, 4.69) is 13.8 Å². The number of fused-ring (bicyclic) bond motifs is 1. The molecule has 7 atom stereocenters. The molecular formula is C25H34O7. The van der Waals surface area contributed by atoms with Crippen molar-refractivity contribution in [3.8, 4) is 0 Å². The Bertz CT molecular complexity index is 885. The first-order valence-corrected chi connectivity index (χ1v) is 11.6. The highest BCUT2D eigenvalue weighted by Crippen LogP contribution is 2.74. The molecule has 2 bridgehead atoms. The van der Waals surface area contributed by atoms with Gasteiger partial charge in [0.25, 0.3) is 0 Å². The van der Waals surface area contributed by atoms with Crippen molar-refractivity contribution in [3.63, 3.8) is 0 Å². The van der Waals surface area contributed by atoms with Gasteiger partial charge in [0, 0.05) is 42.7 Å². The molecule has 2 saturated carbocycles. The predicted octanol–water partition coefficient (Wildman–Crippen LogP) is 4.06. The van der Waals surface area contributed by atoms with E-state index in [4.69, 9.17) is 18.9 Å². The Morgan fingerprint density at radius 1 is 1.06 bits per heavy atom. The van der Waals surface area contributed by atoms with Gasteiger partial charge in [-0.25, -0.2) is 4.79 Å². The van der Waals surface area contributed by atoms with Crippen LogP contribution >= 0.6 is 0 Å². The largest absolute Gasteiger partial charge is 0.455 e. The van der Waals surface area contributed by atoms with Crippen molar-refractivity contribution in [2.45, 2.75) is 85.9 Å². The van der Waals surface area contributed by atoms with E-state index in [1.165, 1.54) is 13.8 Å². The third-order valence-electron chi connectivity index (χ3n) is 8.31. The summed E-state index contributed by atoms with van der Waals surface area (Å²) >= 11 is 0. The zero-order chi connectivity index (χ0) is 23.4. The fourth-order valence-corrected chi connectivity index (χ4v) is 6.93. The van der Waals surface area contributed by atoms with E-state index < -0.39 is 30.6 Å². The van der Waals surface area contributed by atoms with E-state index in [9.17, 15) is 14.4 Å². The first-order chi connectivity index (χ1) is 15.0. The van der Waals surface area contributed by atoms with Gasteiger partial charge in [0.1, 0.15) is 6.10 Å². The number of ether oxygens (including phenoxy) is 4. The van der Waals surface area contributed by atoms with Crippen LogP contribution in [0.1, 0.15) is 67.2 Å². The monoisotopic (exact) mass is 446 g/mol. The summed E-state index contributed by atoms with van der Waals surface area (Å²) in [6, 6.07) is 0. The maximum Gasteiger partial charge on any atom is 0.331 e. The molecule has 7 nitrogen and oxygen atoms in total. The average Bonchev–Trinajstić information content (AvgIpc) is 3.15. The highest BCUT2D eigenvalue weighted by molar-refractivity contribution is 5.83. The number of hydrogen-bond donors (Lipinski definition) is 0. The molecule has 0 radical (unpaired) electrons. The van der Waals surface area contributed by atoms with Crippen LogP contribution < -0.4 is 0 Å². The van der Waals surface area contributed by atoms with Gasteiger partial charge in [-0.05, 0) is 50.0 Å². The van der Waals surface area contributed by atoms with Gasteiger partial charge in [0.05, 0.1) is 0 Å². The zero-order valence-electron chi connectivity index (χ0n) is 19.8. The normalized spacial score (nSPS) is 39.1. The Morgan fingerprint density at radius 2 is 1.75 bits per heavy atom. The molecule has 7 heteroatoms. The first-order valence-electron chi connectivity index (χ1n) is 11.6. The highest BCUT2D eigenvalue weighted by atomic mass is 16.8. The second kappa shape index (κ2) is 8.01. The third kappa shape index (κ3) is 3.49. The Kier molecular flexibility index (Phi) is 5.76. The van der Waals surface area contributed by atoms with Gasteiger partial charge in [0.15, 0.2) is 0 Å². The van der Waals surface area contributed by atoms with Crippen molar-refractivity contribution in [2.75, 3.05) is 0 Å². The van der Waals surface area contributed by atoms with Crippen LogP contribution in [0.15, 0.2) is 23.3 Å². The summed E-state index contributed by atoms with van der Waals surface area (Å²) < 4.78 is 23.1. The molecular weight excluding hydrogens is 412 g/mol. The van der Waals surface area contributed by atoms with Crippen molar-refractivity contribution in [2.24, 2.45) is 28.6 Å². The molecule has 1 saturated heterocycles. The topological polar surface area (TPSA) is 88.1 Å². The minimum Gasteiger partial charge on any atom is -0.455 e. The van der Waals surface area contributed by atoms with Crippen LogP contribution in [-0.4, -0.2) is 36.6 Å². The predicted molar refractivity (Wildman–Crippen MR) is 115 cm³/mol. The molecule has 1 heterocycles. The lowest BCUT2D eigenvalue weighted by Gasteiger charge is -2.50. The van der Waals surface area contributed by atoms with E-state index in [0.29, 0.717) is 0 Å².